The van der Waals surface area contributed by atoms with Crippen molar-refractivity contribution in [3.05, 3.63) is 42.2 Å². The van der Waals surface area contributed by atoms with E-state index in [0.29, 0.717) is 41.4 Å². The number of Topliss-reactive ketones (excluding diaryl/α,β-unsaturated/α-hetero) is 1. The highest BCUT2D eigenvalue weighted by Crippen LogP contribution is 2.77. The maximum absolute atomic E-state index is 14.2. The third-order valence-electron chi connectivity index (χ3n) is 14.5. The maximum atomic E-state index is 14.2. The van der Waals surface area contributed by atoms with Gasteiger partial charge in [0.1, 0.15) is 5.78 Å². The number of pyridine rings is 1. The predicted molar refractivity (Wildman–Crippen MR) is 164 cm³/mol. The fraction of sp³-hybridized carbons (Fsp3) is 0.722. The number of nitrogens with zero attached hydrogens (tertiary/aromatic N) is 1. The predicted octanol–water partition coefficient (Wildman–Crippen LogP) is 7.07. The van der Waals surface area contributed by atoms with Crippen LogP contribution in [0.5, 0.6) is 0 Å². The number of fused-ring (bicyclic) bond motifs is 7. The molecule has 0 radical (unpaired) electrons. The second kappa shape index (κ2) is 9.75. The van der Waals surface area contributed by atoms with E-state index < -0.39 is 5.41 Å². The Morgan fingerprint density at radius 2 is 1.57 bits per heavy atom. The van der Waals surface area contributed by atoms with Crippen LogP contribution in [0.25, 0.3) is 0 Å². The molecule has 42 heavy (non-hydrogen) atoms. The van der Waals surface area contributed by atoms with Crippen LogP contribution in [0.2, 0.25) is 0 Å². The Morgan fingerprint density at radius 1 is 0.857 bits per heavy atom. The van der Waals surface area contributed by atoms with Gasteiger partial charge in [-0.3, -0.25) is 30.2 Å². The first kappa shape index (κ1) is 29.6. The number of amides is 2. The zero-order chi connectivity index (χ0) is 30.3. The highest BCUT2D eigenvalue weighted by atomic mass is 16.2. The molecule has 0 aliphatic heterocycles. The van der Waals surface area contributed by atoms with E-state index in [1.165, 1.54) is 12.0 Å². The lowest BCUT2D eigenvalue weighted by Gasteiger charge is -2.72. The first-order chi connectivity index (χ1) is 19.7. The minimum absolute atomic E-state index is 0.0313. The van der Waals surface area contributed by atoms with Crippen LogP contribution in [0.3, 0.4) is 0 Å². The van der Waals surface area contributed by atoms with Crippen molar-refractivity contribution in [2.45, 2.75) is 106 Å². The van der Waals surface area contributed by atoms with Crippen molar-refractivity contribution in [3.8, 4) is 0 Å². The molecule has 228 valence electrons. The average molecular weight is 574 g/mol. The average Bonchev–Trinajstić information content (AvgIpc) is 3.36. The molecule has 6 nitrogen and oxygen atoms in total. The Morgan fingerprint density at radius 3 is 2.26 bits per heavy atom. The van der Waals surface area contributed by atoms with E-state index in [1.807, 2.05) is 0 Å². The Hall–Kier alpha value is -2.50. The summed E-state index contributed by atoms with van der Waals surface area (Å²) >= 11 is 0. The molecule has 1 heterocycles. The van der Waals surface area contributed by atoms with Crippen LogP contribution in [0.1, 0.15) is 116 Å². The number of hydrazine groups is 1. The van der Waals surface area contributed by atoms with Crippen LogP contribution in [-0.2, 0) is 9.59 Å². The minimum atomic E-state index is -0.497. The van der Waals surface area contributed by atoms with Crippen LogP contribution in [0.4, 0.5) is 0 Å². The molecule has 5 fully saturated rings. The summed E-state index contributed by atoms with van der Waals surface area (Å²) < 4.78 is 0. The van der Waals surface area contributed by atoms with Crippen molar-refractivity contribution in [1.29, 1.82) is 0 Å². The standard InChI is InChI=1S/C36H51N3O3/c1-22(2)24-10-17-36(31(42)39-38-30(41)23-13-20-37-21-14-23)19-18-34(6)25(29(24)36)8-9-27-33(5)15-12-28(40)32(3,4)26(33)11-16-35(27,34)7/h13-14,20-21,24-27,29H,1,8-12,15-19H2,2-7H3,(H,38,41)(H,39,42)/t24-,25+,26-,27+,29+,33-,34+,35+,36-/m0/s1. The fourth-order valence-corrected chi connectivity index (χ4v) is 12.1. The van der Waals surface area contributed by atoms with Crippen molar-refractivity contribution < 1.29 is 14.4 Å². The summed E-state index contributed by atoms with van der Waals surface area (Å²) in [7, 11) is 0. The van der Waals surface area contributed by atoms with E-state index in [-0.39, 0.29) is 39.4 Å². The highest BCUT2D eigenvalue weighted by molar-refractivity contribution is 5.96. The monoisotopic (exact) mass is 573 g/mol. The molecular weight excluding hydrogens is 522 g/mol. The van der Waals surface area contributed by atoms with Gasteiger partial charge in [-0.1, -0.05) is 46.8 Å². The SMILES string of the molecule is C=C(C)[C@@H]1CC[C@]2(C(=O)NNC(=O)c3ccncc3)CC[C@]3(C)[C@H](CC[C@@H]4[C@@]5(C)CCC(=O)C(C)(C)[C@@H]5CC[C@]43C)[C@@H]12. The molecule has 6 heteroatoms. The van der Waals surface area contributed by atoms with Gasteiger partial charge in [0.15, 0.2) is 0 Å². The Bertz CT molecular complexity index is 1310. The summed E-state index contributed by atoms with van der Waals surface area (Å²) in [4.78, 5) is 44.0. The second-order valence-corrected chi connectivity index (χ2v) is 16.1. The summed E-state index contributed by atoms with van der Waals surface area (Å²) in [5.74, 6) is 2.09. The smallest absolute Gasteiger partial charge is 0.269 e. The minimum Gasteiger partial charge on any atom is -0.299 e. The van der Waals surface area contributed by atoms with Gasteiger partial charge in [0, 0.05) is 29.8 Å². The molecule has 9 atom stereocenters. The summed E-state index contributed by atoms with van der Waals surface area (Å²) in [5, 5.41) is 0. The number of hydrogen-bond donors (Lipinski definition) is 2. The van der Waals surface area contributed by atoms with Crippen LogP contribution in [0, 0.1) is 56.7 Å². The van der Waals surface area contributed by atoms with Gasteiger partial charge < -0.3 is 0 Å². The van der Waals surface area contributed by atoms with Gasteiger partial charge in [0.05, 0.1) is 5.41 Å². The number of nitrogens with one attached hydrogen (secondary N) is 2. The molecule has 0 aromatic carbocycles. The van der Waals surface area contributed by atoms with E-state index >= 15 is 0 Å². The summed E-state index contributed by atoms with van der Waals surface area (Å²) in [5.41, 5.74) is 6.97. The van der Waals surface area contributed by atoms with Gasteiger partial charge in [0.2, 0.25) is 5.91 Å². The lowest BCUT2D eigenvalue weighted by Crippen LogP contribution is -2.67. The zero-order valence-corrected chi connectivity index (χ0v) is 26.6. The fourth-order valence-electron chi connectivity index (χ4n) is 12.1. The Balaban J connectivity index is 1.31. The number of hydrogen-bond acceptors (Lipinski definition) is 4. The largest absolute Gasteiger partial charge is 0.299 e. The van der Waals surface area contributed by atoms with Crippen molar-refractivity contribution in [2.75, 3.05) is 0 Å². The summed E-state index contributed by atoms with van der Waals surface area (Å²) in [6.45, 7) is 18.7. The summed E-state index contributed by atoms with van der Waals surface area (Å²) in [6.07, 6.45) is 13.2. The molecular formula is C36H51N3O3. The molecule has 6 rings (SSSR count). The third kappa shape index (κ3) is 3.88. The molecule has 0 saturated heterocycles. The van der Waals surface area contributed by atoms with Crippen LogP contribution in [-0.4, -0.2) is 22.6 Å². The second-order valence-electron chi connectivity index (χ2n) is 16.1. The maximum Gasteiger partial charge on any atom is 0.269 e. The summed E-state index contributed by atoms with van der Waals surface area (Å²) in [6, 6.07) is 3.30. The number of allylic oxidation sites excluding steroid dienone is 1. The van der Waals surface area contributed by atoms with Gasteiger partial charge in [-0.2, -0.15) is 0 Å². The number of aromatic nitrogens is 1. The van der Waals surface area contributed by atoms with E-state index in [9.17, 15) is 14.4 Å². The molecule has 5 saturated carbocycles. The van der Waals surface area contributed by atoms with Crippen molar-refractivity contribution in [3.63, 3.8) is 0 Å². The molecule has 5 aliphatic carbocycles. The van der Waals surface area contributed by atoms with E-state index in [1.54, 1.807) is 24.5 Å². The van der Waals surface area contributed by atoms with Crippen LogP contribution >= 0.6 is 0 Å². The third-order valence-corrected chi connectivity index (χ3v) is 14.5. The van der Waals surface area contributed by atoms with E-state index in [0.717, 1.165) is 51.4 Å². The normalized spacial score (nSPS) is 43.7. The van der Waals surface area contributed by atoms with Gasteiger partial charge in [-0.25, -0.2) is 0 Å². The molecule has 0 unspecified atom stereocenters. The zero-order valence-electron chi connectivity index (χ0n) is 26.6. The molecule has 0 spiro atoms. The molecule has 1 aromatic rings. The Kier molecular flexibility index (Phi) is 6.87. The molecule has 2 N–H and O–H groups in total. The van der Waals surface area contributed by atoms with Gasteiger partial charge >= 0.3 is 0 Å². The van der Waals surface area contributed by atoms with Gasteiger partial charge in [-0.15, -0.1) is 0 Å². The lowest BCUT2D eigenvalue weighted by molar-refractivity contribution is -0.233. The number of carbonyl (C=O) groups excluding carboxylic acids is 3. The molecule has 0 bridgehead atoms. The lowest BCUT2D eigenvalue weighted by atomic mass is 9.32. The van der Waals surface area contributed by atoms with Crippen LogP contribution < -0.4 is 10.9 Å². The first-order valence-corrected chi connectivity index (χ1v) is 16.4. The van der Waals surface area contributed by atoms with Gasteiger partial charge in [0.25, 0.3) is 5.91 Å². The molecule has 5 aliphatic rings. The Labute approximate surface area is 252 Å². The number of rotatable bonds is 3. The van der Waals surface area contributed by atoms with Crippen molar-refractivity contribution in [1.82, 2.24) is 15.8 Å². The quantitative estimate of drug-likeness (QED) is 0.299. The molecule has 1 aromatic heterocycles. The van der Waals surface area contributed by atoms with Crippen molar-refractivity contribution in [2.24, 2.45) is 56.7 Å². The molecule has 2 amide bonds. The van der Waals surface area contributed by atoms with E-state index in [2.05, 4.69) is 64.0 Å². The van der Waals surface area contributed by atoms with Gasteiger partial charge in [-0.05, 0) is 123 Å². The van der Waals surface area contributed by atoms with E-state index in [4.69, 9.17) is 0 Å². The van der Waals surface area contributed by atoms with Crippen molar-refractivity contribution >= 4 is 17.6 Å². The number of carbonyl (C=O) groups is 3. The van der Waals surface area contributed by atoms with Crippen LogP contribution in [0.15, 0.2) is 36.7 Å². The number of ketones is 1. The highest BCUT2D eigenvalue weighted by Gasteiger charge is 2.71. The topological polar surface area (TPSA) is 88.2 Å². The first-order valence-electron chi connectivity index (χ1n) is 16.4.